The average molecular weight is 340 g/mol. The summed E-state index contributed by atoms with van der Waals surface area (Å²) in [4.78, 5) is 0. The molecule has 0 heterocycles. The summed E-state index contributed by atoms with van der Waals surface area (Å²) in [5, 5.41) is 0. The van der Waals surface area contributed by atoms with Gasteiger partial charge in [0.2, 0.25) is 3.49 Å². The lowest BCUT2D eigenvalue weighted by Crippen LogP contribution is -2.00. The van der Waals surface area contributed by atoms with Crippen molar-refractivity contribution in [2.45, 2.75) is 23.3 Å². The van der Waals surface area contributed by atoms with Crippen molar-refractivity contribution in [2.24, 2.45) is 0 Å². The Morgan fingerprint density at radius 3 is 2.33 bits per heavy atom. The van der Waals surface area contributed by atoms with E-state index < -0.39 is 3.49 Å². The number of hydrogen-bond acceptors (Lipinski definition) is 1. The molecule has 1 aromatic carbocycles. The zero-order valence-electron chi connectivity index (χ0n) is 8.47. The van der Waals surface area contributed by atoms with E-state index >= 15 is 0 Å². The van der Waals surface area contributed by atoms with Crippen LogP contribution in [-0.2, 0) is 3.49 Å². The van der Waals surface area contributed by atoms with Gasteiger partial charge in [-0.1, -0.05) is 25.5 Å². The van der Waals surface area contributed by atoms with Gasteiger partial charge in [-0.25, -0.2) is 4.39 Å². The number of alkyl halides is 3. The number of halogens is 3. The highest BCUT2D eigenvalue weighted by Crippen LogP contribution is 2.39. The molecule has 4 heteroatoms. The van der Waals surface area contributed by atoms with E-state index in [1.54, 1.807) is 24.3 Å². The molecule has 0 fully saturated rings. The van der Waals surface area contributed by atoms with Crippen molar-refractivity contribution < 1.29 is 9.13 Å². The molecule has 15 heavy (non-hydrogen) atoms. The molecule has 0 bridgehead atoms. The Morgan fingerprint density at radius 2 is 1.87 bits per heavy atom. The van der Waals surface area contributed by atoms with Crippen molar-refractivity contribution >= 4 is 31.9 Å². The van der Waals surface area contributed by atoms with Crippen molar-refractivity contribution in [1.29, 1.82) is 0 Å². The lowest BCUT2D eigenvalue weighted by Gasteiger charge is -2.11. The Labute approximate surface area is 106 Å². The lowest BCUT2D eigenvalue weighted by atomic mass is 10.2. The second-order valence-corrected chi connectivity index (χ2v) is 6.47. The minimum absolute atomic E-state index is 0.519. The molecule has 0 aliphatic heterocycles. The summed E-state index contributed by atoms with van der Waals surface area (Å²) in [7, 11) is 0. The molecule has 0 unspecified atom stereocenters. The van der Waals surface area contributed by atoms with Crippen LogP contribution in [0.2, 0.25) is 0 Å². The Hall–Kier alpha value is -0.0900. The monoisotopic (exact) mass is 338 g/mol. The van der Waals surface area contributed by atoms with Gasteiger partial charge in [0.15, 0.2) is 0 Å². The molecule has 1 rings (SSSR count). The summed E-state index contributed by atoms with van der Waals surface area (Å²) in [6, 6.07) is 6.90. The molecule has 1 aromatic rings. The summed E-state index contributed by atoms with van der Waals surface area (Å²) in [6.45, 7) is 2.82. The maximum Gasteiger partial charge on any atom is 0.244 e. The highest BCUT2D eigenvalue weighted by atomic mass is 79.9. The van der Waals surface area contributed by atoms with Crippen molar-refractivity contribution in [3.63, 3.8) is 0 Å². The molecule has 0 aromatic heterocycles. The molecule has 0 saturated heterocycles. The quantitative estimate of drug-likeness (QED) is 0.556. The first-order valence-corrected chi connectivity index (χ1v) is 6.42. The molecule has 0 aliphatic carbocycles. The number of unbranched alkanes of at least 4 members (excludes halogenated alkanes) is 1. The highest BCUT2D eigenvalue weighted by molar-refractivity contribution is 9.24. The second-order valence-electron chi connectivity index (χ2n) is 3.22. The van der Waals surface area contributed by atoms with E-state index in [-0.39, 0.29) is 0 Å². The number of benzene rings is 1. The summed E-state index contributed by atoms with van der Waals surface area (Å²) in [5.74, 6) is 0.774. The largest absolute Gasteiger partial charge is 0.494 e. The topological polar surface area (TPSA) is 9.23 Å². The Morgan fingerprint density at radius 1 is 1.27 bits per heavy atom. The van der Waals surface area contributed by atoms with E-state index in [2.05, 4.69) is 38.8 Å². The van der Waals surface area contributed by atoms with Crippen LogP contribution in [0.1, 0.15) is 25.3 Å². The van der Waals surface area contributed by atoms with Gasteiger partial charge in [0, 0.05) is 5.56 Å². The molecule has 0 N–H and O–H groups in total. The van der Waals surface area contributed by atoms with Gasteiger partial charge in [0.1, 0.15) is 5.75 Å². The van der Waals surface area contributed by atoms with E-state index in [1.807, 2.05) is 0 Å². The van der Waals surface area contributed by atoms with Crippen LogP contribution in [0.3, 0.4) is 0 Å². The summed E-state index contributed by atoms with van der Waals surface area (Å²) < 4.78 is 17.2. The Balaban J connectivity index is 2.57. The first-order chi connectivity index (χ1) is 7.04. The van der Waals surface area contributed by atoms with Crippen LogP contribution >= 0.6 is 31.9 Å². The molecular formula is C11H13Br2FO. The molecular weight excluding hydrogens is 327 g/mol. The van der Waals surface area contributed by atoms with Crippen LogP contribution in [0.5, 0.6) is 5.75 Å². The molecule has 0 atom stereocenters. The van der Waals surface area contributed by atoms with Crippen molar-refractivity contribution in [2.75, 3.05) is 6.61 Å². The summed E-state index contributed by atoms with van der Waals surface area (Å²) >= 11 is 5.77. The Bertz CT molecular complexity index is 292. The third-order valence-electron chi connectivity index (χ3n) is 1.95. The fourth-order valence-corrected chi connectivity index (χ4v) is 1.60. The molecule has 0 spiro atoms. The van der Waals surface area contributed by atoms with E-state index in [1.165, 1.54) is 0 Å². The van der Waals surface area contributed by atoms with Gasteiger partial charge < -0.3 is 4.74 Å². The smallest absolute Gasteiger partial charge is 0.244 e. The number of ether oxygens (including phenoxy) is 1. The van der Waals surface area contributed by atoms with Crippen molar-refractivity contribution in [3.05, 3.63) is 29.8 Å². The predicted octanol–water partition coefficient (Wildman–Crippen LogP) is 4.74. The first-order valence-electron chi connectivity index (χ1n) is 4.84. The summed E-state index contributed by atoms with van der Waals surface area (Å²) in [5.41, 5.74) is 0.519. The normalized spacial score (nSPS) is 11.5. The van der Waals surface area contributed by atoms with Crippen LogP contribution in [0.15, 0.2) is 24.3 Å². The van der Waals surface area contributed by atoms with Crippen LogP contribution in [-0.4, -0.2) is 6.61 Å². The maximum absolute atomic E-state index is 13.4. The highest BCUT2D eigenvalue weighted by Gasteiger charge is 2.23. The van der Waals surface area contributed by atoms with Gasteiger partial charge in [0.25, 0.3) is 0 Å². The minimum atomic E-state index is -1.65. The Kier molecular flexibility index (Phi) is 5.06. The fraction of sp³-hybridized carbons (Fsp3) is 0.455. The van der Waals surface area contributed by atoms with Gasteiger partial charge in [-0.2, -0.15) is 0 Å². The van der Waals surface area contributed by atoms with E-state index in [0.717, 1.165) is 18.6 Å². The summed E-state index contributed by atoms with van der Waals surface area (Å²) in [6.07, 6.45) is 2.14. The van der Waals surface area contributed by atoms with E-state index in [4.69, 9.17) is 4.74 Å². The lowest BCUT2D eigenvalue weighted by molar-refractivity contribution is 0.309. The van der Waals surface area contributed by atoms with Crippen LogP contribution in [0.4, 0.5) is 4.39 Å². The standard InChI is InChI=1S/C11H13Br2FO/c1-2-3-8-15-10-6-4-9(5-7-10)11(12,13)14/h4-7H,2-3,8H2,1H3. The zero-order valence-corrected chi connectivity index (χ0v) is 11.6. The number of rotatable bonds is 5. The average Bonchev–Trinajstić information content (AvgIpc) is 2.18. The molecule has 0 amide bonds. The van der Waals surface area contributed by atoms with Gasteiger partial charge in [0.05, 0.1) is 6.61 Å². The molecule has 0 saturated carbocycles. The fourth-order valence-electron chi connectivity index (χ4n) is 1.07. The third-order valence-corrected chi connectivity index (χ3v) is 2.86. The SMILES string of the molecule is CCCCOc1ccc(C(F)(Br)Br)cc1. The molecule has 0 radical (unpaired) electrons. The van der Waals surface area contributed by atoms with Gasteiger partial charge in [-0.3, -0.25) is 0 Å². The van der Waals surface area contributed by atoms with Crippen molar-refractivity contribution in [3.8, 4) is 5.75 Å². The van der Waals surface area contributed by atoms with Crippen LogP contribution in [0.25, 0.3) is 0 Å². The zero-order chi connectivity index (χ0) is 11.3. The molecule has 0 aliphatic rings. The first kappa shape index (κ1) is 13.0. The van der Waals surface area contributed by atoms with E-state index in [9.17, 15) is 4.39 Å². The maximum atomic E-state index is 13.4. The molecule has 84 valence electrons. The number of hydrogen-bond donors (Lipinski definition) is 0. The van der Waals surface area contributed by atoms with Gasteiger partial charge in [-0.15, -0.1) is 0 Å². The third kappa shape index (κ3) is 4.51. The van der Waals surface area contributed by atoms with Crippen LogP contribution in [0, 0.1) is 0 Å². The van der Waals surface area contributed by atoms with Gasteiger partial charge in [-0.05, 0) is 50.4 Å². The predicted molar refractivity (Wildman–Crippen MR) is 67.5 cm³/mol. The second kappa shape index (κ2) is 5.85. The minimum Gasteiger partial charge on any atom is -0.494 e. The van der Waals surface area contributed by atoms with Gasteiger partial charge >= 0.3 is 0 Å². The van der Waals surface area contributed by atoms with Crippen molar-refractivity contribution in [1.82, 2.24) is 0 Å². The molecule has 1 nitrogen and oxygen atoms in total. The van der Waals surface area contributed by atoms with E-state index in [0.29, 0.717) is 12.2 Å². The van der Waals surface area contributed by atoms with Crippen LogP contribution < -0.4 is 4.74 Å².